The summed E-state index contributed by atoms with van der Waals surface area (Å²) in [5, 5.41) is 3.89. The number of likely N-dealkylation sites (tertiary alicyclic amines) is 1. The van der Waals surface area contributed by atoms with E-state index in [4.69, 9.17) is 0 Å². The van der Waals surface area contributed by atoms with Crippen LogP contribution in [0.25, 0.3) is 0 Å². The van der Waals surface area contributed by atoms with Crippen molar-refractivity contribution in [3.63, 3.8) is 0 Å². The van der Waals surface area contributed by atoms with Gasteiger partial charge in [0.1, 0.15) is 7.11 Å². The highest BCUT2D eigenvalue weighted by atomic mass is 16.6. The van der Waals surface area contributed by atoms with Gasteiger partial charge in [-0.3, -0.25) is 0 Å². The monoisotopic (exact) mass is 142 g/mol. The number of nitrogens with zero attached hydrogens (tertiary/aromatic N) is 1. The molecule has 0 aromatic carbocycles. The number of piperidine rings is 1. The van der Waals surface area contributed by atoms with Crippen LogP contribution in [0.4, 0.5) is 0 Å². The summed E-state index contributed by atoms with van der Waals surface area (Å²) in [6.45, 7) is 2.17. The molecule has 0 bridgehead atoms. The zero-order valence-corrected chi connectivity index (χ0v) is 6.39. The zero-order valence-electron chi connectivity index (χ0n) is 6.39. The number of hydrogen-bond acceptors (Lipinski definition) is 2. The van der Waals surface area contributed by atoms with E-state index in [9.17, 15) is 0 Å². The van der Waals surface area contributed by atoms with Crippen molar-refractivity contribution in [2.75, 3.05) is 20.2 Å². The number of nitrogens with one attached hydrogen (secondary N) is 1. The van der Waals surface area contributed by atoms with Gasteiger partial charge in [0.2, 0.25) is 0 Å². The van der Waals surface area contributed by atoms with E-state index in [-0.39, 0.29) is 0 Å². The predicted octanol–water partition coefficient (Wildman–Crippen LogP) is -0.541. The minimum absolute atomic E-state index is 1.03. The van der Waals surface area contributed by atoms with Crippen molar-refractivity contribution in [2.24, 2.45) is 5.16 Å². The largest absolute Gasteiger partial charge is 0.467 e. The molecule has 3 heteroatoms. The molecule has 0 aromatic heterocycles. The Labute approximate surface area is 61.6 Å². The molecule has 58 valence electrons. The van der Waals surface area contributed by atoms with E-state index in [1.54, 1.807) is 7.11 Å². The normalized spacial score (nSPS) is 26.2. The van der Waals surface area contributed by atoms with Crippen LogP contribution in [-0.2, 0) is 4.84 Å². The third-order valence-corrected chi connectivity index (χ3v) is 1.75. The van der Waals surface area contributed by atoms with Gasteiger partial charge in [-0.25, -0.2) is 0 Å². The fourth-order valence-electron chi connectivity index (χ4n) is 1.11. The van der Waals surface area contributed by atoms with Crippen LogP contribution in [-0.4, -0.2) is 25.9 Å². The highest BCUT2D eigenvalue weighted by Gasteiger charge is 2.10. The average molecular weight is 142 g/mol. The molecule has 1 saturated heterocycles. The fraction of sp³-hybridized carbons (Fsp3) is 0.714. The molecule has 1 aliphatic heterocycles. The van der Waals surface area contributed by atoms with E-state index in [1.165, 1.54) is 10.6 Å². The third kappa shape index (κ3) is 1.99. The first-order valence-corrected chi connectivity index (χ1v) is 3.58. The summed E-state index contributed by atoms with van der Waals surface area (Å²) in [6, 6.07) is 0. The lowest BCUT2D eigenvalue weighted by atomic mass is 10.1. The summed E-state index contributed by atoms with van der Waals surface area (Å²) < 4.78 is 0. The van der Waals surface area contributed by atoms with Crippen LogP contribution < -0.4 is 4.90 Å². The van der Waals surface area contributed by atoms with Gasteiger partial charge in [-0.15, -0.1) is 0 Å². The van der Waals surface area contributed by atoms with Crippen LogP contribution in [0.1, 0.15) is 12.8 Å². The summed E-state index contributed by atoms with van der Waals surface area (Å²) in [5.41, 5.74) is 1.18. The van der Waals surface area contributed by atoms with E-state index >= 15 is 0 Å². The van der Waals surface area contributed by atoms with Gasteiger partial charge < -0.3 is 9.74 Å². The fourth-order valence-corrected chi connectivity index (χ4v) is 1.11. The first-order valence-electron chi connectivity index (χ1n) is 3.58. The number of quaternary nitrogens is 1. The maximum absolute atomic E-state index is 4.67. The average Bonchev–Trinajstić information content (AvgIpc) is 1.95. The lowest BCUT2D eigenvalue weighted by molar-refractivity contribution is -0.854. The first-order chi connectivity index (χ1) is 4.83. The molecule has 0 atom stereocenters. The molecule has 0 spiro atoms. The molecule has 3 nitrogen and oxygen atoms in total. The molecule has 1 N–H and O–H groups in total. The maximum atomic E-state index is 4.67. The summed E-state index contributed by atoms with van der Waals surface area (Å²) in [4.78, 5) is 6.02. The minimum atomic E-state index is 1.03. The van der Waals surface area contributed by atoms with Crippen molar-refractivity contribution in [1.29, 1.82) is 0 Å². The van der Waals surface area contributed by atoms with Crippen molar-refractivity contribution >= 4 is 5.71 Å². The summed E-state index contributed by atoms with van der Waals surface area (Å²) in [5.74, 6) is 0. The van der Waals surface area contributed by atoms with E-state index in [2.05, 4.69) is 17.0 Å². The molecule has 0 aliphatic carbocycles. The summed E-state index contributed by atoms with van der Waals surface area (Å²) in [6.07, 6.45) is 2.07. The second kappa shape index (κ2) is 3.56. The lowest BCUT2D eigenvalue weighted by Gasteiger charge is -2.25. The second-order valence-corrected chi connectivity index (χ2v) is 2.59. The first kappa shape index (κ1) is 7.54. The Morgan fingerprint density at radius 3 is 2.60 bits per heavy atom. The number of rotatable bonds is 1. The Morgan fingerprint density at radius 2 is 2.10 bits per heavy atom. The maximum Gasteiger partial charge on any atom is 0.106 e. The molecule has 0 unspecified atom stereocenters. The second-order valence-electron chi connectivity index (χ2n) is 2.59. The standard InChI is InChI=1S/C7H14N2O/c1-9-5-3-7(4-6-9)8-10-2/h9H,1,3-6H2,2H3. The molecule has 0 saturated carbocycles. The molecular formula is C7H14N2O. The lowest BCUT2D eigenvalue weighted by Crippen LogP contribution is -3.08. The smallest absolute Gasteiger partial charge is 0.106 e. The van der Waals surface area contributed by atoms with Crippen LogP contribution >= 0.6 is 0 Å². The molecule has 1 heterocycles. The Balaban J connectivity index is 2.32. The number of hydrogen-bond donors (Lipinski definition) is 1. The van der Waals surface area contributed by atoms with Crippen LogP contribution in [0.15, 0.2) is 5.16 Å². The Bertz CT molecular complexity index is 124. The van der Waals surface area contributed by atoms with E-state index in [0.717, 1.165) is 25.9 Å². The van der Waals surface area contributed by atoms with Crippen LogP contribution in [0.3, 0.4) is 0 Å². The summed E-state index contributed by atoms with van der Waals surface area (Å²) in [7, 11) is 5.51. The Kier molecular flexibility index (Phi) is 2.68. The Morgan fingerprint density at radius 1 is 1.50 bits per heavy atom. The summed E-state index contributed by atoms with van der Waals surface area (Å²) >= 11 is 0. The van der Waals surface area contributed by atoms with Crippen molar-refractivity contribution in [1.82, 2.24) is 0 Å². The van der Waals surface area contributed by atoms with Gasteiger partial charge in [0, 0.05) is 12.8 Å². The van der Waals surface area contributed by atoms with Crippen molar-refractivity contribution in [3.05, 3.63) is 7.05 Å². The van der Waals surface area contributed by atoms with Crippen LogP contribution in [0.2, 0.25) is 0 Å². The van der Waals surface area contributed by atoms with E-state index in [1.807, 2.05) is 0 Å². The molecule has 0 radical (unpaired) electrons. The van der Waals surface area contributed by atoms with Crippen molar-refractivity contribution in [2.45, 2.75) is 12.8 Å². The molecular weight excluding hydrogens is 128 g/mol. The molecule has 1 aliphatic rings. The predicted molar refractivity (Wildman–Crippen MR) is 39.7 cm³/mol. The van der Waals surface area contributed by atoms with Gasteiger partial charge in [0.05, 0.1) is 18.8 Å². The van der Waals surface area contributed by atoms with Gasteiger partial charge in [-0.1, -0.05) is 5.16 Å². The van der Waals surface area contributed by atoms with Gasteiger partial charge in [0.15, 0.2) is 0 Å². The van der Waals surface area contributed by atoms with E-state index < -0.39 is 0 Å². The molecule has 1 fully saturated rings. The quantitative estimate of drug-likeness (QED) is 0.386. The molecule has 1 rings (SSSR count). The number of oxime groups is 1. The molecule has 0 amide bonds. The van der Waals surface area contributed by atoms with Crippen molar-refractivity contribution < 1.29 is 9.74 Å². The highest BCUT2D eigenvalue weighted by Crippen LogP contribution is 1.94. The Hall–Kier alpha value is -0.570. The third-order valence-electron chi connectivity index (χ3n) is 1.75. The van der Waals surface area contributed by atoms with Gasteiger partial charge in [-0.05, 0) is 0 Å². The SMILES string of the molecule is [CH2-][NH+]1CCC(=NOC)CC1. The van der Waals surface area contributed by atoms with Gasteiger partial charge in [-0.2, -0.15) is 7.05 Å². The highest BCUT2D eigenvalue weighted by molar-refractivity contribution is 5.84. The van der Waals surface area contributed by atoms with Gasteiger partial charge in [0.25, 0.3) is 0 Å². The zero-order chi connectivity index (χ0) is 7.40. The minimum Gasteiger partial charge on any atom is -0.467 e. The van der Waals surface area contributed by atoms with E-state index in [0.29, 0.717) is 0 Å². The van der Waals surface area contributed by atoms with Crippen LogP contribution in [0, 0.1) is 7.05 Å². The van der Waals surface area contributed by atoms with Crippen molar-refractivity contribution in [3.8, 4) is 0 Å². The van der Waals surface area contributed by atoms with Gasteiger partial charge >= 0.3 is 0 Å². The molecule has 10 heavy (non-hydrogen) atoms. The topological polar surface area (TPSA) is 26.0 Å². The molecule has 0 aromatic rings. The van der Waals surface area contributed by atoms with Crippen LogP contribution in [0.5, 0.6) is 0 Å².